The maximum Gasteiger partial charge on any atom is 0.251 e. The van der Waals surface area contributed by atoms with E-state index < -0.39 is 0 Å². The number of carbonyl (C=O) groups is 1. The molecule has 2 N–H and O–H groups in total. The molecule has 0 fully saturated rings. The predicted molar refractivity (Wildman–Crippen MR) is 109 cm³/mol. The summed E-state index contributed by atoms with van der Waals surface area (Å²) in [6, 6.07) is 10.6. The van der Waals surface area contributed by atoms with E-state index in [1.54, 1.807) is 64.2 Å². The number of nitrogens with zero attached hydrogens (tertiary/aromatic N) is 2. The molecule has 1 amide bonds. The highest BCUT2D eigenvalue weighted by molar-refractivity contribution is 5.94. The number of anilines is 2. The number of rotatable bonds is 8. The van der Waals surface area contributed by atoms with Gasteiger partial charge in [0.2, 0.25) is 5.75 Å². The molecule has 150 valence electrons. The summed E-state index contributed by atoms with van der Waals surface area (Å²) < 4.78 is 16.0. The molecule has 3 rings (SSSR count). The first-order chi connectivity index (χ1) is 14.1. The van der Waals surface area contributed by atoms with Crippen molar-refractivity contribution in [2.75, 3.05) is 26.6 Å². The molecule has 0 bridgehead atoms. The summed E-state index contributed by atoms with van der Waals surface area (Å²) in [5, 5.41) is 6.02. The normalized spacial score (nSPS) is 10.2. The van der Waals surface area contributed by atoms with Crippen LogP contribution in [0.2, 0.25) is 0 Å². The van der Waals surface area contributed by atoms with Crippen molar-refractivity contribution in [2.24, 2.45) is 0 Å². The van der Waals surface area contributed by atoms with E-state index in [4.69, 9.17) is 14.2 Å². The van der Waals surface area contributed by atoms with Crippen molar-refractivity contribution >= 4 is 17.4 Å². The van der Waals surface area contributed by atoms with E-state index in [9.17, 15) is 4.79 Å². The molecule has 0 unspecified atom stereocenters. The quantitative estimate of drug-likeness (QED) is 0.606. The van der Waals surface area contributed by atoms with Crippen LogP contribution < -0.4 is 24.8 Å². The van der Waals surface area contributed by atoms with E-state index in [0.717, 1.165) is 5.56 Å². The molecule has 2 heterocycles. The van der Waals surface area contributed by atoms with Crippen LogP contribution in [0.25, 0.3) is 0 Å². The van der Waals surface area contributed by atoms with Gasteiger partial charge in [0.15, 0.2) is 11.5 Å². The molecule has 0 aliphatic heterocycles. The van der Waals surface area contributed by atoms with Gasteiger partial charge in [-0.25, -0.2) is 4.98 Å². The fourth-order valence-corrected chi connectivity index (χ4v) is 2.73. The van der Waals surface area contributed by atoms with Gasteiger partial charge in [0.05, 0.1) is 21.3 Å². The summed E-state index contributed by atoms with van der Waals surface area (Å²) in [7, 11) is 4.64. The molecule has 0 aliphatic rings. The lowest BCUT2D eigenvalue weighted by atomic mass is 10.2. The van der Waals surface area contributed by atoms with Crippen LogP contribution >= 0.6 is 0 Å². The summed E-state index contributed by atoms with van der Waals surface area (Å²) in [5.74, 6) is 1.83. The smallest absolute Gasteiger partial charge is 0.251 e. The fraction of sp³-hybridized carbons (Fsp3) is 0.190. The molecule has 29 heavy (non-hydrogen) atoms. The number of pyridine rings is 2. The first kappa shape index (κ1) is 19.9. The van der Waals surface area contributed by atoms with Crippen LogP contribution in [-0.4, -0.2) is 37.2 Å². The summed E-state index contributed by atoms with van der Waals surface area (Å²) in [5.41, 5.74) is 2.09. The summed E-state index contributed by atoms with van der Waals surface area (Å²) in [4.78, 5) is 20.8. The van der Waals surface area contributed by atoms with Crippen molar-refractivity contribution in [3.05, 3.63) is 66.1 Å². The third-order valence-corrected chi connectivity index (χ3v) is 4.14. The lowest BCUT2D eigenvalue weighted by molar-refractivity contribution is 0.0951. The van der Waals surface area contributed by atoms with Crippen LogP contribution in [0.3, 0.4) is 0 Å². The second kappa shape index (κ2) is 9.41. The van der Waals surface area contributed by atoms with E-state index in [-0.39, 0.29) is 5.91 Å². The Labute approximate surface area is 168 Å². The van der Waals surface area contributed by atoms with E-state index in [0.29, 0.717) is 40.9 Å². The molecule has 0 radical (unpaired) electrons. The van der Waals surface area contributed by atoms with Crippen LogP contribution in [0.4, 0.5) is 11.5 Å². The van der Waals surface area contributed by atoms with Gasteiger partial charge < -0.3 is 24.8 Å². The topological polar surface area (TPSA) is 94.6 Å². The maximum absolute atomic E-state index is 12.5. The predicted octanol–water partition coefficient (Wildman–Crippen LogP) is 3.18. The molecule has 0 aliphatic carbocycles. The molecular formula is C21H22N4O4. The molecule has 0 atom stereocenters. The largest absolute Gasteiger partial charge is 0.493 e. The van der Waals surface area contributed by atoms with Crippen LogP contribution in [0.15, 0.2) is 55.0 Å². The second-order valence-electron chi connectivity index (χ2n) is 6.01. The molecule has 8 nitrogen and oxygen atoms in total. The lowest BCUT2D eigenvalue weighted by Gasteiger charge is -2.15. The van der Waals surface area contributed by atoms with Gasteiger partial charge in [-0.05, 0) is 23.8 Å². The Balaban J connectivity index is 1.75. The van der Waals surface area contributed by atoms with Crippen molar-refractivity contribution in [3.63, 3.8) is 0 Å². The van der Waals surface area contributed by atoms with Gasteiger partial charge in [-0.15, -0.1) is 0 Å². The first-order valence-electron chi connectivity index (χ1n) is 8.84. The number of aromatic nitrogens is 2. The Morgan fingerprint density at radius 1 is 1.00 bits per heavy atom. The number of hydrogen-bond acceptors (Lipinski definition) is 7. The van der Waals surface area contributed by atoms with Gasteiger partial charge in [-0.2, -0.15) is 0 Å². The highest BCUT2D eigenvalue weighted by Gasteiger charge is 2.14. The number of amides is 1. The molecule has 2 aromatic heterocycles. The zero-order chi connectivity index (χ0) is 20.6. The van der Waals surface area contributed by atoms with Gasteiger partial charge in [-0.3, -0.25) is 9.78 Å². The zero-order valence-corrected chi connectivity index (χ0v) is 16.4. The third-order valence-electron chi connectivity index (χ3n) is 4.14. The number of ether oxygens (including phenoxy) is 3. The Kier molecular flexibility index (Phi) is 6.47. The van der Waals surface area contributed by atoms with Crippen molar-refractivity contribution in [1.29, 1.82) is 0 Å². The highest BCUT2D eigenvalue weighted by atomic mass is 16.5. The molecule has 0 saturated heterocycles. The highest BCUT2D eigenvalue weighted by Crippen LogP contribution is 2.40. The number of benzene rings is 1. The Morgan fingerprint density at radius 2 is 1.76 bits per heavy atom. The van der Waals surface area contributed by atoms with Gasteiger partial charge in [0.1, 0.15) is 5.82 Å². The van der Waals surface area contributed by atoms with Gasteiger partial charge in [-0.1, -0.05) is 6.07 Å². The first-order valence-corrected chi connectivity index (χ1v) is 8.84. The van der Waals surface area contributed by atoms with Gasteiger partial charge in [0, 0.05) is 48.5 Å². The lowest BCUT2D eigenvalue weighted by Crippen LogP contribution is -2.23. The Bertz CT molecular complexity index is 954. The van der Waals surface area contributed by atoms with E-state index >= 15 is 0 Å². The summed E-state index contributed by atoms with van der Waals surface area (Å²) in [6.45, 7) is 0.393. The third kappa shape index (κ3) is 4.92. The molecule has 1 aromatic carbocycles. The molecule has 0 saturated carbocycles. The second-order valence-corrected chi connectivity index (χ2v) is 6.01. The monoisotopic (exact) mass is 394 g/mol. The maximum atomic E-state index is 12.5. The van der Waals surface area contributed by atoms with Crippen molar-refractivity contribution in [3.8, 4) is 17.2 Å². The Hall–Kier alpha value is -3.81. The summed E-state index contributed by atoms with van der Waals surface area (Å²) >= 11 is 0. The van der Waals surface area contributed by atoms with Crippen molar-refractivity contribution in [1.82, 2.24) is 15.3 Å². The van der Waals surface area contributed by atoms with E-state index in [2.05, 4.69) is 20.6 Å². The molecule has 8 heteroatoms. The minimum Gasteiger partial charge on any atom is -0.493 e. The fourth-order valence-electron chi connectivity index (χ4n) is 2.73. The minimum absolute atomic E-state index is 0.204. The number of methoxy groups -OCH3 is 3. The molecule has 0 spiro atoms. The van der Waals surface area contributed by atoms with Crippen LogP contribution in [-0.2, 0) is 6.54 Å². The van der Waals surface area contributed by atoms with E-state index in [1.165, 1.54) is 0 Å². The molecular weight excluding hydrogens is 372 g/mol. The van der Waals surface area contributed by atoms with Crippen molar-refractivity contribution < 1.29 is 19.0 Å². The van der Waals surface area contributed by atoms with Crippen LogP contribution in [0, 0.1) is 0 Å². The standard InChI is InChI=1S/C21H22N4O4/c1-27-17-10-16(11-18(28-2)20(17)29-3)25-19-9-15(6-8-23-19)21(26)24-13-14-5-4-7-22-12-14/h4-12H,13H2,1-3H3,(H,23,25)(H,24,26). The zero-order valence-electron chi connectivity index (χ0n) is 16.4. The van der Waals surface area contributed by atoms with E-state index in [1.807, 2.05) is 12.1 Å². The van der Waals surface area contributed by atoms with Crippen LogP contribution in [0.1, 0.15) is 15.9 Å². The minimum atomic E-state index is -0.204. The average molecular weight is 394 g/mol. The summed E-state index contributed by atoms with van der Waals surface area (Å²) in [6.07, 6.45) is 4.97. The van der Waals surface area contributed by atoms with Crippen LogP contribution in [0.5, 0.6) is 17.2 Å². The van der Waals surface area contributed by atoms with Crippen molar-refractivity contribution in [2.45, 2.75) is 6.54 Å². The average Bonchev–Trinajstić information content (AvgIpc) is 2.77. The van der Waals surface area contributed by atoms with Gasteiger partial charge in [0.25, 0.3) is 5.91 Å². The Morgan fingerprint density at radius 3 is 2.38 bits per heavy atom. The number of nitrogens with one attached hydrogen (secondary N) is 2. The number of hydrogen-bond donors (Lipinski definition) is 2. The number of carbonyl (C=O) groups excluding carboxylic acids is 1. The SMILES string of the molecule is COc1cc(Nc2cc(C(=O)NCc3cccnc3)ccn2)cc(OC)c1OC. The molecule has 3 aromatic rings. The van der Waals surface area contributed by atoms with Gasteiger partial charge >= 0.3 is 0 Å².